The van der Waals surface area contributed by atoms with E-state index in [2.05, 4.69) is 9.97 Å². The molecular weight excluding hydrogens is 304 g/mol. The highest BCUT2D eigenvalue weighted by atomic mass is 35.5. The second kappa shape index (κ2) is 4.74. The Morgan fingerprint density at radius 2 is 1.89 bits per heavy atom. The Bertz CT molecular complexity index is 760. The van der Waals surface area contributed by atoms with Crippen molar-refractivity contribution in [3.63, 3.8) is 0 Å². The Kier molecular flexibility index (Phi) is 3.45. The topological polar surface area (TPSA) is 95.1 Å². The van der Waals surface area contributed by atoms with Gasteiger partial charge in [-0.05, 0) is 6.07 Å². The van der Waals surface area contributed by atoms with Crippen molar-refractivity contribution < 1.29 is 5.21 Å². The van der Waals surface area contributed by atoms with E-state index in [1.807, 2.05) is 0 Å². The zero-order chi connectivity index (χ0) is 13.4. The van der Waals surface area contributed by atoms with Gasteiger partial charge in [-0.15, -0.1) is 0 Å². The van der Waals surface area contributed by atoms with Gasteiger partial charge in [-0.3, -0.25) is 14.8 Å². The predicted molar refractivity (Wildman–Crippen MR) is 69.1 cm³/mol. The number of nitrogens with zero attached hydrogens (tertiary/aromatic N) is 1. The van der Waals surface area contributed by atoms with Gasteiger partial charge in [0.15, 0.2) is 0 Å². The molecule has 1 heterocycles. The Labute approximate surface area is 114 Å². The molecule has 0 saturated heterocycles. The maximum absolute atomic E-state index is 11.8. The third-order valence-corrected chi connectivity index (χ3v) is 3.42. The molecule has 0 fully saturated rings. The average molecular weight is 309 g/mol. The summed E-state index contributed by atoms with van der Waals surface area (Å²) in [5, 5.41) is 8.53. The summed E-state index contributed by atoms with van der Waals surface area (Å²) in [5.41, 5.74) is -0.0529. The first-order chi connectivity index (χ1) is 8.45. The monoisotopic (exact) mass is 307 g/mol. The van der Waals surface area contributed by atoms with Crippen molar-refractivity contribution in [3.8, 4) is 0 Å². The minimum Gasteiger partial charge on any atom is -0.318 e. The molecule has 94 valence electrons. The number of aromatic amines is 1. The van der Waals surface area contributed by atoms with Crippen LogP contribution in [0, 0.1) is 0 Å². The molecule has 0 aliphatic carbocycles. The molecule has 0 unspecified atom stereocenters. The molecule has 0 aliphatic heterocycles. The molecule has 0 spiro atoms. The van der Waals surface area contributed by atoms with Crippen LogP contribution in [0.3, 0.4) is 0 Å². The highest BCUT2D eigenvalue weighted by Crippen LogP contribution is 2.33. The summed E-state index contributed by atoms with van der Waals surface area (Å²) >= 11 is 17.5. The van der Waals surface area contributed by atoms with Gasteiger partial charge in [-0.25, -0.2) is 5.48 Å². The number of halogens is 3. The van der Waals surface area contributed by atoms with Crippen LogP contribution in [0.4, 0.5) is 5.82 Å². The van der Waals surface area contributed by atoms with Crippen LogP contribution in [0.25, 0.3) is 10.9 Å². The molecule has 9 heteroatoms. The van der Waals surface area contributed by atoms with Gasteiger partial charge in [-0.1, -0.05) is 34.8 Å². The van der Waals surface area contributed by atoms with E-state index in [9.17, 15) is 9.59 Å². The van der Waals surface area contributed by atoms with Gasteiger partial charge < -0.3 is 4.98 Å². The van der Waals surface area contributed by atoms with Gasteiger partial charge in [0, 0.05) is 0 Å². The predicted octanol–water partition coefficient (Wildman–Crippen LogP) is 2.04. The normalized spacial score (nSPS) is 10.7. The van der Waals surface area contributed by atoms with Crippen LogP contribution in [0.1, 0.15) is 0 Å². The van der Waals surface area contributed by atoms with Gasteiger partial charge in [0.05, 0.1) is 26.0 Å². The zero-order valence-corrected chi connectivity index (χ0v) is 10.7. The summed E-state index contributed by atoms with van der Waals surface area (Å²) in [7, 11) is 0. The Balaban J connectivity index is 3.12. The van der Waals surface area contributed by atoms with Crippen LogP contribution in [-0.2, 0) is 0 Å². The molecule has 0 radical (unpaired) electrons. The van der Waals surface area contributed by atoms with Crippen molar-refractivity contribution in [2.45, 2.75) is 0 Å². The third kappa shape index (κ3) is 2.04. The highest BCUT2D eigenvalue weighted by Gasteiger charge is 2.13. The quantitative estimate of drug-likeness (QED) is 0.553. The van der Waals surface area contributed by atoms with Crippen LogP contribution in [-0.4, -0.2) is 15.2 Å². The summed E-state index contributed by atoms with van der Waals surface area (Å²) in [4.78, 5) is 29.0. The minimum atomic E-state index is -0.830. The van der Waals surface area contributed by atoms with E-state index in [4.69, 9.17) is 40.0 Å². The lowest BCUT2D eigenvalue weighted by atomic mass is 10.2. The lowest BCUT2D eigenvalue weighted by Gasteiger charge is -2.00. The molecule has 2 aromatic rings. The molecule has 0 amide bonds. The van der Waals surface area contributed by atoms with Gasteiger partial charge >= 0.3 is 0 Å². The number of nitrogens with one attached hydrogen (secondary N) is 2. The highest BCUT2D eigenvalue weighted by molar-refractivity contribution is 6.50. The number of benzene rings is 1. The van der Waals surface area contributed by atoms with E-state index < -0.39 is 16.9 Å². The summed E-state index contributed by atoms with van der Waals surface area (Å²) in [6, 6.07) is 1.27. The number of anilines is 1. The van der Waals surface area contributed by atoms with E-state index >= 15 is 0 Å². The standard InChI is InChI=1S/C9H4Cl3N3O3/c10-2-1-3-4(6(12)5(2)11)8(16)14-7(15-18)9(17)13-3/h1,18H,(H2,13,14,15,16,17). The van der Waals surface area contributed by atoms with Crippen molar-refractivity contribution in [1.82, 2.24) is 9.97 Å². The molecule has 2 rings (SSSR count). The molecule has 6 nitrogen and oxygen atoms in total. The third-order valence-electron chi connectivity index (χ3n) is 2.16. The van der Waals surface area contributed by atoms with Gasteiger partial charge in [0.1, 0.15) is 0 Å². The number of fused-ring (bicyclic) bond motifs is 1. The maximum atomic E-state index is 11.8. The fourth-order valence-electron chi connectivity index (χ4n) is 1.37. The lowest BCUT2D eigenvalue weighted by Crippen LogP contribution is -2.13. The molecular formula is C9H4Cl3N3O3. The number of H-pyrrole nitrogens is 1. The van der Waals surface area contributed by atoms with Crippen molar-refractivity contribution in [2.24, 2.45) is 0 Å². The average Bonchev–Trinajstić information content (AvgIpc) is 2.43. The maximum Gasteiger partial charge on any atom is 0.293 e. The van der Waals surface area contributed by atoms with Crippen molar-refractivity contribution in [2.75, 3.05) is 5.48 Å². The Morgan fingerprint density at radius 3 is 2.50 bits per heavy atom. The summed E-state index contributed by atoms with van der Waals surface area (Å²) in [6.07, 6.45) is 0. The van der Waals surface area contributed by atoms with E-state index in [1.165, 1.54) is 11.5 Å². The number of aromatic nitrogens is 2. The molecule has 0 aliphatic rings. The van der Waals surface area contributed by atoms with E-state index in [-0.39, 0.29) is 26.0 Å². The molecule has 0 saturated carbocycles. The summed E-state index contributed by atoms with van der Waals surface area (Å²) in [5.74, 6) is -0.556. The van der Waals surface area contributed by atoms with E-state index in [0.29, 0.717) is 0 Å². The molecule has 18 heavy (non-hydrogen) atoms. The first kappa shape index (κ1) is 13.1. The number of hydrogen-bond acceptors (Lipinski definition) is 5. The smallest absolute Gasteiger partial charge is 0.293 e. The van der Waals surface area contributed by atoms with E-state index in [0.717, 1.165) is 0 Å². The first-order valence-corrected chi connectivity index (χ1v) is 5.61. The van der Waals surface area contributed by atoms with Gasteiger partial charge in [0.25, 0.3) is 11.1 Å². The van der Waals surface area contributed by atoms with Gasteiger partial charge in [-0.2, -0.15) is 4.98 Å². The molecule has 1 aromatic carbocycles. The number of hydrogen-bond donors (Lipinski definition) is 3. The van der Waals surface area contributed by atoms with Crippen molar-refractivity contribution in [3.05, 3.63) is 41.8 Å². The molecule has 1 aromatic heterocycles. The fraction of sp³-hybridized carbons (Fsp3) is 0. The second-order valence-corrected chi connectivity index (χ2v) is 4.40. The van der Waals surface area contributed by atoms with Crippen LogP contribution >= 0.6 is 34.8 Å². The molecule has 0 bridgehead atoms. The van der Waals surface area contributed by atoms with Crippen LogP contribution in [0.2, 0.25) is 15.1 Å². The Morgan fingerprint density at radius 1 is 1.22 bits per heavy atom. The Hall–Kier alpha value is -1.34. The summed E-state index contributed by atoms with van der Waals surface area (Å²) in [6.45, 7) is 0. The fourth-order valence-corrected chi connectivity index (χ4v) is 2.05. The van der Waals surface area contributed by atoms with Crippen molar-refractivity contribution >= 4 is 51.5 Å². The molecule has 3 N–H and O–H groups in total. The zero-order valence-electron chi connectivity index (χ0n) is 8.42. The molecule has 0 atom stereocenters. The first-order valence-electron chi connectivity index (χ1n) is 4.47. The van der Waals surface area contributed by atoms with Gasteiger partial charge in [0.2, 0.25) is 5.82 Å². The van der Waals surface area contributed by atoms with Crippen LogP contribution in [0.15, 0.2) is 15.7 Å². The minimum absolute atomic E-state index is 0.0183. The SMILES string of the molecule is O=c1[nH]c2cc(Cl)c(Cl)c(Cl)c2c(=O)nc1NO. The number of rotatable bonds is 1. The van der Waals surface area contributed by atoms with Crippen LogP contribution in [0.5, 0.6) is 0 Å². The summed E-state index contributed by atoms with van der Waals surface area (Å²) < 4.78 is 0. The van der Waals surface area contributed by atoms with Crippen LogP contribution < -0.4 is 16.6 Å². The van der Waals surface area contributed by atoms with Crippen molar-refractivity contribution in [1.29, 1.82) is 0 Å². The largest absolute Gasteiger partial charge is 0.318 e. The lowest BCUT2D eigenvalue weighted by molar-refractivity contribution is 0.385. The second-order valence-electron chi connectivity index (χ2n) is 3.24. The van der Waals surface area contributed by atoms with E-state index in [1.54, 1.807) is 0 Å².